The second-order valence-electron chi connectivity index (χ2n) is 4.28. The van der Waals surface area contributed by atoms with Gasteiger partial charge >= 0.3 is 6.18 Å². The molecule has 0 amide bonds. The molecule has 1 fully saturated rings. The lowest BCUT2D eigenvalue weighted by Crippen LogP contribution is -2.35. The monoisotopic (exact) mass is 281 g/mol. The number of aromatic nitrogens is 1. The molecule has 7 heteroatoms. The van der Waals surface area contributed by atoms with Gasteiger partial charge < -0.3 is 11.1 Å². The Hall–Kier alpha value is -1.01. The van der Waals surface area contributed by atoms with Crippen LogP contribution in [-0.4, -0.2) is 17.1 Å². The maximum absolute atomic E-state index is 12.3. The number of nitrogens with two attached hydrogens (primary N) is 1. The summed E-state index contributed by atoms with van der Waals surface area (Å²) >= 11 is 0. The van der Waals surface area contributed by atoms with E-state index in [-0.39, 0.29) is 24.5 Å². The van der Waals surface area contributed by atoms with Gasteiger partial charge in [0.2, 0.25) is 0 Å². The molecule has 1 heterocycles. The number of pyridine rings is 1. The highest BCUT2D eigenvalue weighted by atomic mass is 35.5. The number of hydrogen-bond acceptors (Lipinski definition) is 3. The van der Waals surface area contributed by atoms with Crippen LogP contribution in [0.25, 0.3) is 0 Å². The van der Waals surface area contributed by atoms with E-state index in [1.807, 2.05) is 0 Å². The van der Waals surface area contributed by atoms with Crippen LogP contribution >= 0.6 is 12.4 Å². The fourth-order valence-electron chi connectivity index (χ4n) is 2.00. The van der Waals surface area contributed by atoms with Gasteiger partial charge in [-0.3, -0.25) is 0 Å². The minimum atomic E-state index is -4.34. The summed E-state index contributed by atoms with van der Waals surface area (Å²) in [6.07, 6.45) is -0.584. The number of nitrogens with one attached hydrogen (secondary N) is 1. The zero-order valence-electron chi connectivity index (χ0n) is 9.57. The number of hydrogen-bond donors (Lipinski definition) is 2. The summed E-state index contributed by atoms with van der Waals surface area (Å²) in [5.74, 6) is 0.445. The van der Waals surface area contributed by atoms with Gasteiger partial charge in [-0.25, -0.2) is 4.98 Å². The molecule has 3 nitrogen and oxygen atoms in total. The lowest BCUT2D eigenvalue weighted by Gasteiger charge is -2.18. The summed E-state index contributed by atoms with van der Waals surface area (Å²) in [4.78, 5) is 3.76. The van der Waals surface area contributed by atoms with Gasteiger partial charge in [0.15, 0.2) is 0 Å². The van der Waals surface area contributed by atoms with Crippen LogP contribution in [0.1, 0.15) is 24.8 Å². The molecule has 0 bridgehead atoms. The van der Waals surface area contributed by atoms with E-state index >= 15 is 0 Å². The lowest BCUT2D eigenvalue weighted by molar-refractivity contribution is -0.137. The normalized spacial score (nSPS) is 23.6. The number of halogens is 4. The van der Waals surface area contributed by atoms with Gasteiger partial charge in [-0.1, -0.05) is 0 Å². The van der Waals surface area contributed by atoms with Crippen LogP contribution in [0.15, 0.2) is 18.3 Å². The van der Waals surface area contributed by atoms with Crippen molar-refractivity contribution in [3.8, 4) is 0 Å². The third-order valence-electron chi connectivity index (χ3n) is 2.99. The fraction of sp³-hybridized carbons (Fsp3) is 0.545. The van der Waals surface area contributed by atoms with Gasteiger partial charge in [0.25, 0.3) is 0 Å². The third kappa shape index (κ3) is 3.49. The van der Waals surface area contributed by atoms with Gasteiger partial charge in [0, 0.05) is 18.3 Å². The van der Waals surface area contributed by atoms with Gasteiger partial charge in [0.1, 0.15) is 5.82 Å². The maximum Gasteiger partial charge on any atom is 0.417 e. The minimum Gasteiger partial charge on any atom is -0.366 e. The van der Waals surface area contributed by atoms with E-state index in [1.165, 1.54) is 6.07 Å². The molecule has 1 aliphatic carbocycles. The van der Waals surface area contributed by atoms with E-state index in [9.17, 15) is 13.2 Å². The van der Waals surface area contributed by atoms with Crippen molar-refractivity contribution < 1.29 is 13.2 Å². The molecule has 0 saturated heterocycles. The van der Waals surface area contributed by atoms with Crippen molar-refractivity contribution in [2.75, 3.05) is 5.32 Å². The second-order valence-corrected chi connectivity index (χ2v) is 4.28. The number of alkyl halides is 3. The molecule has 3 N–H and O–H groups in total. The first kappa shape index (κ1) is 15.0. The van der Waals surface area contributed by atoms with Gasteiger partial charge in [-0.15, -0.1) is 12.4 Å². The average Bonchev–Trinajstić information content (AvgIpc) is 2.64. The van der Waals surface area contributed by atoms with E-state index < -0.39 is 11.7 Å². The summed E-state index contributed by atoms with van der Waals surface area (Å²) in [5, 5.41) is 3.07. The average molecular weight is 282 g/mol. The molecule has 0 aromatic carbocycles. The summed E-state index contributed by atoms with van der Waals surface area (Å²) in [6.45, 7) is 0. The Kier molecular flexibility index (Phi) is 4.81. The molecule has 102 valence electrons. The Morgan fingerprint density at radius 1 is 1.28 bits per heavy atom. The molecular formula is C11H15ClF3N3. The van der Waals surface area contributed by atoms with Crippen LogP contribution < -0.4 is 11.1 Å². The highest BCUT2D eigenvalue weighted by molar-refractivity contribution is 5.85. The Morgan fingerprint density at radius 2 is 2.00 bits per heavy atom. The topological polar surface area (TPSA) is 50.9 Å². The quantitative estimate of drug-likeness (QED) is 0.876. The van der Waals surface area contributed by atoms with Gasteiger partial charge in [-0.2, -0.15) is 13.2 Å². The zero-order chi connectivity index (χ0) is 12.5. The number of rotatable bonds is 2. The maximum atomic E-state index is 12.3. The van der Waals surface area contributed by atoms with Crippen molar-refractivity contribution >= 4 is 18.2 Å². The Labute approximate surface area is 109 Å². The van der Waals surface area contributed by atoms with E-state index in [0.29, 0.717) is 5.82 Å². The summed E-state index contributed by atoms with van der Waals surface area (Å²) in [6, 6.07) is 2.53. The highest BCUT2D eigenvalue weighted by Gasteiger charge is 2.31. The summed E-state index contributed by atoms with van der Waals surface area (Å²) in [7, 11) is 0. The molecule has 1 aliphatic rings. The molecule has 0 radical (unpaired) electrons. The number of anilines is 1. The van der Waals surface area contributed by atoms with E-state index in [0.717, 1.165) is 31.5 Å². The Bertz CT molecular complexity index is 380. The highest BCUT2D eigenvalue weighted by Crippen LogP contribution is 2.29. The van der Waals surface area contributed by atoms with Crippen molar-refractivity contribution in [3.05, 3.63) is 23.9 Å². The molecular weight excluding hydrogens is 267 g/mol. The molecule has 1 aromatic heterocycles. The van der Waals surface area contributed by atoms with E-state index in [2.05, 4.69) is 10.3 Å². The fourth-order valence-corrected chi connectivity index (χ4v) is 2.00. The standard InChI is InChI=1S/C11H14F3N3.ClH/c12-11(13,14)7-4-5-10(16-6-7)17-9-3-1-2-8(9)15;/h4-6,8-9H,1-3,15H2,(H,16,17);1H. The summed E-state index contributed by atoms with van der Waals surface area (Å²) in [5.41, 5.74) is 5.12. The molecule has 1 aromatic rings. The summed E-state index contributed by atoms with van der Waals surface area (Å²) < 4.78 is 36.9. The van der Waals surface area contributed by atoms with Crippen molar-refractivity contribution in [2.45, 2.75) is 37.5 Å². The van der Waals surface area contributed by atoms with Gasteiger partial charge in [0.05, 0.1) is 5.56 Å². The molecule has 2 atom stereocenters. The van der Waals surface area contributed by atoms with Crippen molar-refractivity contribution in [1.29, 1.82) is 0 Å². The molecule has 1 saturated carbocycles. The van der Waals surface area contributed by atoms with Crippen LogP contribution in [0, 0.1) is 0 Å². The van der Waals surface area contributed by atoms with Crippen molar-refractivity contribution in [2.24, 2.45) is 5.73 Å². The van der Waals surface area contributed by atoms with Crippen LogP contribution in [0.2, 0.25) is 0 Å². The zero-order valence-corrected chi connectivity index (χ0v) is 10.4. The Morgan fingerprint density at radius 3 is 2.44 bits per heavy atom. The first-order valence-corrected chi connectivity index (χ1v) is 5.52. The SMILES string of the molecule is Cl.NC1CCCC1Nc1ccc(C(F)(F)F)cn1. The lowest BCUT2D eigenvalue weighted by atomic mass is 10.2. The third-order valence-corrected chi connectivity index (χ3v) is 2.99. The first-order valence-electron chi connectivity index (χ1n) is 5.52. The largest absolute Gasteiger partial charge is 0.417 e. The van der Waals surface area contributed by atoms with Crippen LogP contribution in [0.3, 0.4) is 0 Å². The molecule has 2 unspecified atom stereocenters. The smallest absolute Gasteiger partial charge is 0.366 e. The number of nitrogens with zero attached hydrogens (tertiary/aromatic N) is 1. The van der Waals surface area contributed by atoms with Crippen molar-refractivity contribution in [1.82, 2.24) is 4.98 Å². The first-order chi connectivity index (χ1) is 7.97. The predicted octanol–water partition coefficient (Wildman–Crippen LogP) is 2.81. The van der Waals surface area contributed by atoms with Gasteiger partial charge in [-0.05, 0) is 31.4 Å². The molecule has 2 rings (SSSR count). The van der Waals surface area contributed by atoms with Crippen LogP contribution in [0.5, 0.6) is 0 Å². The van der Waals surface area contributed by atoms with E-state index in [1.54, 1.807) is 0 Å². The minimum absolute atomic E-state index is 0. The Balaban J connectivity index is 0.00000162. The predicted molar refractivity (Wildman–Crippen MR) is 65.7 cm³/mol. The van der Waals surface area contributed by atoms with Crippen LogP contribution in [0.4, 0.5) is 19.0 Å². The van der Waals surface area contributed by atoms with E-state index in [4.69, 9.17) is 5.73 Å². The van der Waals surface area contributed by atoms with Crippen molar-refractivity contribution in [3.63, 3.8) is 0 Å². The second kappa shape index (κ2) is 5.75. The molecule has 0 spiro atoms. The van der Waals surface area contributed by atoms with Crippen LogP contribution in [-0.2, 0) is 6.18 Å². The molecule has 18 heavy (non-hydrogen) atoms. The molecule has 0 aliphatic heterocycles.